The van der Waals surface area contributed by atoms with Crippen LogP contribution in [0.15, 0.2) is 29.1 Å². The molecule has 0 atom stereocenters. The van der Waals surface area contributed by atoms with Gasteiger partial charge in [-0.1, -0.05) is 26.0 Å². The van der Waals surface area contributed by atoms with Crippen molar-refractivity contribution in [1.29, 1.82) is 0 Å². The quantitative estimate of drug-likeness (QED) is 0.765. The number of para-hydroxylation sites is 1. The molecule has 0 bridgehead atoms. The number of rotatable bonds is 2. The number of nitrogens with zero attached hydrogens (tertiary/aromatic N) is 2. The highest BCUT2D eigenvalue weighted by Gasteiger charge is 2.14. The maximum absolute atomic E-state index is 12.1. The van der Waals surface area contributed by atoms with E-state index >= 15 is 0 Å². The monoisotopic (exact) mass is 255 g/mol. The number of aromatic amines is 1. The molecule has 1 aromatic carbocycles. The van der Waals surface area contributed by atoms with Gasteiger partial charge in [-0.05, 0) is 31.4 Å². The van der Waals surface area contributed by atoms with Crippen molar-refractivity contribution in [2.24, 2.45) is 5.92 Å². The fraction of sp³-hybridized carbons (Fsp3) is 0.333. The summed E-state index contributed by atoms with van der Waals surface area (Å²) < 4.78 is 2.04. The Morgan fingerprint density at radius 3 is 2.79 bits per heavy atom. The van der Waals surface area contributed by atoms with Crippen molar-refractivity contribution < 1.29 is 0 Å². The average molecular weight is 255 g/mol. The molecule has 0 amide bonds. The summed E-state index contributed by atoms with van der Waals surface area (Å²) in [7, 11) is 0. The van der Waals surface area contributed by atoms with Gasteiger partial charge in [0, 0.05) is 0 Å². The van der Waals surface area contributed by atoms with Crippen LogP contribution in [0.25, 0.3) is 16.6 Å². The molecule has 1 N–H and O–H groups in total. The number of nitrogens with one attached hydrogen (secondary N) is 1. The van der Waals surface area contributed by atoms with Gasteiger partial charge in [0.15, 0.2) is 0 Å². The Balaban J connectivity index is 2.44. The molecule has 3 aromatic rings. The zero-order chi connectivity index (χ0) is 13.6. The first-order chi connectivity index (χ1) is 9.08. The molecule has 0 saturated heterocycles. The number of benzene rings is 1. The highest BCUT2D eigenvalue weighted by atomic mass is 16.1. The molecule has 0 aliphatic rings. The van der Waals surface area contributed by atoms with E-state index < -0.39 is 0 Å². The third kappa shape index (κ3) is 1.84. The molecule has 2 aromatic heterocycles. The Bertz CT molecular complexity index is 811. The summed E-state index contributed by atoms with van der Waals surface area (Å²) >= 11 is 0. The number of aryl methyl sites for hydroxylation is 1. The van der Waals surface area contributed by atoms with Crippen molar-refractivity contribution in [2.75, 3.05) is 0 Å². The van der Waals surface area contributed by atoms with Crippen LogP contribution in [-0.4, -0.2) is 14.4 Å². The Morgan fingerprint density at radius 2 is 2.05 bits per heavy atom. The lowest BCUT2D eigenvalue weighted by atomic mass is 10.1. The predicted molar refractivity (Wildman–Crippen MR) is 76.6 cm³/mol. The van der Waals surface area contributed by atoms with Gasteiger partial charge >= 0.3 is 0 Å². The highest BCUT2D eigenvalue weighted by molar-refractivity contribution is 5.81. The number of H-pyrrole nitrogens is 1. The van der Waals surface area contributed by atoms with E-state index in [1.54, 1.807) is 0 Å². The van der Waals surface area contributed by atoms with Crippen molar-refractivity contribution in [3.8, 4) is 0 Å². The molecule has 0 unspecified atom stereocenters. The highest BCUT2D eigenvalue weighted by Crippen LogP contribution is 2.18. The largest absolute Gasteiger partial charge is 0.306 e. The van der Waals surface area contributed by atoms with Gasteiger partial charge < -0.3 is 4.98 Å². The van der Waals surface area contributed by atoms with Crippen molar-refractivity contribution in [3.05, 3.63) is 46.1 Å². The third-order valence-electron chi connectivity index (χ3n) is 3.34. The summed E-state index contributed by atoms with van der Waals surface area (Å²) in [5, 5.41) is 0.701. The molecular weight excluding hydrogens is 238 g/mol. The lowest BCUT2D eigenvalue weighted by molar-refractivity contribution is 0.639. The summed E-state index contributed by atoms with van der Waals surface area (Å²) in [6, 6.07) is 7.63. The normalized spacial score (nSPS) is 11.8. The molecule has 0 spiro atoms. The zero-order valence-electron chi connectivity index (χ0n) is 11.4. The van der Waals surface area contributed by atoms with Crippen LogP contribution >= 0.6 is 0 Å². The molecule has 2 heterocycles. The second kappa shape index (κ2) is 4.23. The minimum Gasteiger partial charge on any atom is -0.306 e. The fourth-order valence-corrected chi connectivity index (χ4v) is 2.58. The zero-order valence-corrected chi connectivity index (χ0v) is 11.4. The standard InChI is InChI=1S/C15H17N3O/c1-9(2)8-12-14-17-15(19)11-6-4-5-7-13(11)18(14)10(3)16-12/h4-7,9H,8H2,1-3H3,(H,17,19). The second-order valence-corrected chi connectivity index (χ2v) is 5.36. The number of aromatic nitrogens is 3. The van der Waals surface area contributed by atoms with Crippen LogP contribution in [0.1, 0.15) is 25.4 Å². The summed E-state index contributed by atoms with van der Waals surface area (Å²) in [6.07, 6.45) is 0.867. The van der Waals surface area contributed by atoms with E-state index in [4.69, 9.17) is 0 Å². The second-order valence-electron chi connectivity index (χ2n) is 5.36. The molecule has 3 rings (SSSR count). The molecule has 98 valence electrons. The number of imidazole rings is 1. The maximum Gasteiger partial charge on any atom is 0.258 e. The summed E-state index contributed by atoms with van der Waals surface area (Å²) in [5.74, 6) is 1.42. The molecular formula is C15H17N3O. The van der Waals surface area contributed by atoms with Crippen LogP contribution < -0.4 is 5.56 Å². The van der Waals surface area contributed by atoms with Crippen LogP contribution in [-0.2, 0) is 6.42 Å². The van der Waals surface area contributed by atoms with Crippen molar-refractivity contribution >= 4 is 16.6 Å². The van der Waals surface area contributed by atoms with Crippen molar-refractivity contribution in [1.82, 2.24) is 14.4 Å². The molecule has 0 aliphatic carbocycles. The van der Waals surface area contributed by atoms with Crippen LogP contribution in [0.3, 0.4) is 0 Å². The number of fused-ring (bicyclic) bond motifs is 3. The average Bonchev–Trinajstić information content (AvgIpc) is 2.66. The van der Waals surface area contributed by atoms with E-state index in [2.05, 4.69) is 23.8 Å². The minimum absolute atomic E-state index is 0.0481. The molecule has 0 radical (unpaired) electrons. The van der Waals surface area contributed by atoms with Gasteiger partial charge in [0.2, 0.25) is 0 Å². The topological polar surface area (TPSA) is 50.2 Å². The molecule has 0 saturated carbocycles. The summed E-state index contributed by atoms with van der Waals surface area (Å²) in [5.41, 5.74) is 2.67. The Hall–Kier alpha value is -2.10. The molecule has 19 heavy (non-hydrogen) atoms. The van der Waals surface area contributed by atoms with Gasteiger partial charge in [-0.15, -0.1) is 0 Å². The number of hydrogen-bond donors (Lipinski definition) is 1. The van der Waals surface area contributed by atoms with E-state index in [0.717, 1.165) is 29.1 Å². The lowest BCUT2D eigenvalue weighted by Gasteiger charge is -2.04. The van der Waals surface area contributed by atoms with Gasteiger partial charge in [0.1, 0.15) is 11.5 Å². The van der Waals surface area contributed by atoms with E-state index in [-0.39, 0.29) is 5.56 Å². The first-order valence-corrected chi connectivity index (χ1v) is 6.57. The molecule has 0 fully saturated rings. The summed E-state index contributed by atoms with van der Waals surface area (Å²) in [6.45, 7) is 6.28. The fourth-order valence-electron chi connectivity index (χ4n) is 2.58. The number of hydrogen-bond acceptors (Lipinski definition) is 2. The summed E-state index contributed by atoms with van der Waals surface area (Å²) in [4.78, 5) is 19.7. The van der Waals surface area contributed by atoms with Gasteiger partial charge in [-0.3, -0.25) is 9.20 Å². The Morgan fingerprint density at radius 1 is 1.32 bits per heavy atom. The van der Waals surface area contributed by atoms with Crippen LogP contribution in [0, 0.1) is 12.8 Å². The van der Waals surface area contributed by atoms with E-state index in [1.807, 2.05) is 35.6 Å². The molecule has 4 heteroatoms. The Labute approximate surface area is 111 Å². The van der Waals surface area contributed by atoms with E-state index in [9.17, 15) is 4.79 Å². The van der Waals surface area contributed by atoms with Crippen LogP contribution in [0.5, 0.6) is 0 Å². The minimum atomic E-state index is -0.0481. The van der Waals surface area contributed by atoms with Gasteiger partial charge in [0.25, 0.3) is 5.56 Å². The van der Waals surface area contributed by atoms with E-state index in [0.29, 0.717) is 11.3 Å². The van der Waals surface area contributed by atoms with Gasteiger partial charge in [0.05, 0.1) is 16.6 Å². The van der Waals surface area contributed by atoms with Crippen molar-refractivity contribution in [2.45, 2.75) is 27.2 Å². The smallest absolute Gasteiger partial charge is 0.258 e. The third-order valence-corrected chi connectivity index (χ3v) is 3.34. The molecule has 4 nitrogen and oxygen atoms in total. The van der Waals surface area contributed by atoms with Crippen molar-refractivity contribution in [3.63, 3.8) is 0 Å². The first-order valence-electron chi connectivity index (χ1n) is 6.57. The molecule has 0 aliphatic heterocycles. The van der Waals surface area contributed by atoms with E-state index in [1.165, 1.54) is 0 Å². The van der Waals surface area contributed by atoms with Crippen LogP contribution in [0.4, 0.5) is 0 Å². The van der Waals surface area contributed by atoms with Gasteiger partial charge in [-0.25, -0.2) is 4.98 Å². The van der Waals surface area contributed by atoms with Gasteiger partial charge in [-0.2, -0.15) is 0 Å². The lowest BCUT2D eigenvalue weighted by Crippen LogP contribution is -2.10. The van der Waals surface area contributed by atoms with Crippen LogP contribution in [0.2, 0.25) is 0 Å². The Kier molecular flexibility index (Phi) is 2.66. The SMILES string of the molecule is Cc1nc(CC(C)C)c2[nH]c(=O)c3ccccc3n12. The maximum atomic E-state index is 12.1. The first kappa shape index (κ1) is 12.0. The predicted octanol–water partition coefficient (Wildman–Crippen LogP) is 2.68.